The summed E-state index contributed by atoms with van der Waals surface area (Å²) in [6.07, 6.45) is 0.773. The molecule has 0 saturated carbocycles. The maximum atomic E-state index is 13.1. The van der Waals surface area contributed by atoms with Crippen molar-refractivity contribution >= 4 is 0 Å². The predicted octanol–water partition coefficient (Wildman–Crippen LogP) is 2.25. The zero-order valence-corrected chi connectivity index (χ0v) is 8.59. The minimum absolute atomic E-state index is 0.116. The molecule has 2 nitrogen and oxygen atoms in total. The highest BCUT2D eigenvalue weighted by atomic mass is 19.1. The molecule has 14 heavy (non-hydrogen) atoms. The first kappa shape index (κ1) is 11.0. The Labute approximate surface area is 83.9 Å². The minimum Gasteiger partial charge on any atom is -0.493 e. The van der Waals surface area contributed by atoms with Gasteiger partial charge in [-0.05, 0) is 31.9 Å². The molecule has 2 N–H and O–H groups in total. The molecular weight excluding hydrogens is 181 g/mol. The van der Waals surface area contributed by atoms with E-state index in [4.69, 9.17) is 10.5 Å². The van der Waals surface area contributed by atoms with E-state index in [1.165, 1.54) is 6.07 Å². The quantitative estimate of drug-likeness (QED) is 0.803. The van der Waals surface area contributed by atoms with Crippen molar-refractivity contribution in [1.82, 2.24) is 0 Å². The Morgan fingerprint density at radius 3 is 2.79 bits per heavy atom. The van der Waals surface area contributed by atoms with E-state index in [1.54, 1.807) is 19.1 Å². The second-order valence-electron chi connectivity index (χ2n) is 3.53. The van der Waals surface area contributed by atoms with Crippen molar-refractivity contribution in [3.8, 4) is 5.75 Å². The fraction of sp³-hybridized carbons (Fsp3) is 0.455. The molecule has 0 amide bonds. The minimum atomic E-state index is -0.233. The standard InChI is InChI=1S/C11H16FNO/c1-8-3-4-10(7-11(8)12)14-6-5-9(2)13/h3-4,7,9H,5-6,13H2,1-2H3. The molecule has 0 bridgehead atoms. The Hall–Kier alpha value is -1.09. The Morgan fingerprint density at radius 1 is 1.50 bits per heavy atom. The van der Waals surface area contributed by atoms with Crippen molar-refractivity contribution in [2.45, 2.75) is 26.3 Å². The molecule has 78 valence electrons. The van der Waals surface area contributed by atoms with Gasteiger partial charge in [0.2, 0.25) is 0 Å². The zero-order chi connectivity index (χ0) is 10.6. The fourth-order valence-corrected chi connectivity index (χ4v) is 1.03. The van der Waals surface area contributed by atoms with Crippen LogP contribution in [0, 0.1) is 12.7 Å². The summed E-state index contributed by atoms with van der Waals surface area (Å²) in [5.41, 5.74) is 6.19. The zero-order valence-electron chi connectivity index (χ0n) is 8.59. The molecule has 1 rings (SSSR count). The van der Waals surface area contributed by atoms with Gasteiger partial charge in [0.25, 0.3) is 0 Å². The number of benzene rings is 1. The van der Waals surface area contributed by atoms with E-state index in [-0.39, 0.29) is 11.9 Å². The highest BCUT2D eigenvalue weighted by Crippen LogP contribution is 2.15. The number of rotatable bonds is 4. The van der Waals surface area contributed by atoms with E-state index in [1.807, 2.05) is 6.92 Å². The molecule has 1 unspecified atom stereocenters. The Kier molecular flexibility index (Phi) is 3.89. The summed E-state index contributed by atoms with van der Waals surface area (Å²) in [7, 11) is 0. The monoisotopic (exact) mass is 197 g/mol. The van der Waals surface area contributed by atoms with Crippen molar-refractivity contribution in [2.75, 3.05) is 6.61 Å². The van der Waals surface area contributed by atoms with Gasteiger partial charge in [-0.3, -0.25) is 0 Å². The topological polar surface area (TPSA) is 35.2 Å². The third-order valence-electron chi connectivity index (χ3n) is 1.99. The summed E-state index contributed by atoms with van der Waals surface area (Å²) in [6, 6.07) is 4.98. The van der Waals surface area contributed by atoms with Gasteiger partial charge in [0, 0.05) is 12.1 Å². The van der Waals surface area contributed by atoms with Crippen molar-refractivity contribution in [3.63, 3.8) is 0 Å². The molecule has 0 aromatic heterocycles. The molecule has 3 heteroatoms. The van der Waals surface area contributed by atoms with E-state index in [2.05, 4.69) is 0 Å². The molecule has 0 heterocycles. The van der Waals surface area contributed by atoms with Crippen LogP contribution in [-0.4, -0.2) is 12.6 Å². The van der Waals surface area contributed by atoms with E-state index in [0.717, 1.165) is 6.42 Å². The Morgan fingerprint density at radius 2 is 2.21 bits per heavy atom. The first-order chi connectivity index (χ1) is 6.59. The average molecular weight is 197 g/mol. The molecule has 0 spiro atoms. The van der Waals surface area contributed by atoms with Crippen molar-refractivity contribution in [2.24, 2.45) is 5.73 Å². The molecule has 1 aromatic carbocycles. The largest absolute Gasteiger partial charge is 0.493 e. The van der Waals surface area contributed by atoms with E-state index < -0.39 is 0 Å². The number of halogens is 1. The predicted molar refractivity (Wildman–Crippen MR) is 54.9 cm³/mol. The Balaban J connectivity index is 2.47. The highest BCUT2D eigenvalue weighted by molar-refractivity contribution is 5.27. The molecular formula is C11H16FNO. The SMILES string of the molecule is Cc1ccc(OCCC(C)N)cc1F. The molecule has 1 aromatic rings. The van der Waals surface area contributed by atoms with Crippen LogP contribution in [0.3, 0.4) is 0 Å². The second-order valence-corrected chi connectivity index (χ2v) is 3.53. The van der Waals surface area contributed by atoms with Crippen molar-refractivity contribution in [1.29, 1.82) is 0 Å². The van der Waals surface area contributed by atoms with Crippen molar-refractivity contribution in [3.05, 3.63) is 29.6 Å². The number of hydrogen-bond donors (Lipinski definition) is 1. The summed E-state index contributed by atoms with van der Waals surface area (Å²) < 4.78 is 18.4. The maximum absolute atomic E-state index is 13.1. The van der Waals surface area contributed by atoms with Crippen LogP contribution in [-0.2, 0) is 0 Å². The second kappa shape index (κ2) is 4.96. The summed E-state index contributed by atoms with van der Waals surface area (Å²) in [5.74, 6) is 0.331. The first-order valence-electron chi connectivity index (χ1n) is 4.74. The van der Waals surface area contributed by atoms with Gasteiger partial charge in [-0.25, -0.2) is 4.39 Å². The Bertz CT molecular complexity index is 299. The fourth-order valence-electron chi connectivity index (χ4n) is 1.03. The van der Waals surface area contributed by atoms with Crippen LogP contribution in [0.5, 0.6) is 5.75 Å². The third-order valence-corrected chi connectivity index (χ3v) is 1.99. The van der Waals surface area contributed by atoms with Gasteiger partial charge in [0.1, 0.15) is 11.6 Å². The third kappa shape index (κ3) is 3.34. The molecule has 0 aliphatic rings. The van der Waals surface area contributed by atoms with Crippen LogP contribution < -0.4 is 10.5 Å². The van der Waals surface area contributed by atoms with Gasteiger partial charge in [-0.15, -0.1) is 0 Å². The lowest BCUT2D eigenvalue weighted by molar-refractivity contribution is 0.299. The van der Waals surface area contributed by atoms with Crippen LogP contribution in [0.15, 0.2) is 18.2 Å². The van der Waals surface area contributed by atoms with Crippen LogP contribution in [0.25, 0.3) is 0 Å². The lowest BCUT2D eigenvalue weighted by Crippen LogP contribution is -2.18. The van der Waals surface area contributed by atoms with Crippen LogP contribution in [0.1, 0.15) is 18.9 Å². The smallest absolute Gasteiger partial charge is 0.129 e. The summed E-state index contributed by atoms with van der Waals surface area (Å²) >= 11 is 0. The van der Waals surface area contributed by atoms with Gasteiger partial charge < -0.3 is 10.5 Å². The van der Waals surface area contributed by atoms with Crippen LogP contribution in [0.2, 0.25) is 0 Å². The van der Waals surface area contributed by atoms with E-state index in [0.29, 0.717) is 17.9 Å². The molecule has 0 radical (unpaired) electrons. The van der Waals surface area contributed by atoms with Gasteiger partial charge >= 0.3 is 0 Å². The molecule has 0 aliphatic heterocycles. The normalized spacial score (nSPS) is 12.6. The number of hydrogen-bond acceptors (Lipinski definition) is 2. The lowest BCUT2D eigenvalue weighted by atomic mass is 10.2. The number of ether oxygens (including phenoxy) is 1. The lowest BCUT2D eigenvalue weighted by Gasteiger charge is -2.08. The number of aryl methyl sites for hydroxylation is 1. The van der Waals surface area contributed by atoms with E-state index >= 15 is 0 Å². The summed E-state index contributed by atoms with van der Waals surface area (Å²) in [4.78, 5) is 0. The van der Waals surface area contributed by atoms with Crippen LogP contribution in [0.4, 0.5) is 4.39 Å². The van der Waals surface area contributed by atoms with Gasteiger partial charge in [0.05, 0.1) is 6.61 Å². The highest BCUT2D eigenvalue weighted by Gasteiger charge is 2.00. The van der Waals surface area contributed by atoms with Crippen LogP contribution >= 0.6 is 0 Å². The van der Waals surface area contributed by atoms with Gasteiger partial charge in [-0.1, -0.05) is 6.07 Å². The summed E-state index contributed by atoms with van der Waals surface area (Å²) in [6.45, 7) is 4.17. The summed E-state index contributed by atoms with van der Waals surface area (Å²) in [5, 5.41) is 0. The maximum Gasteiger partial charge on any atom is 0.129 e. The average Bonchev–Trinajstić information content (AvgIpc) is 2.10. The number of nitrogens with two attached hydrogens (primary N) is 1. The van der Waals surface area contributed by atoms with Crippen molar-refractivity contribution < 1.29 is 9.13 Å². The molecule has 1 atom stereocenters. The molecule has 0 aliphatic carbocycles. The van der Waals surface area contributed by atoms with Gasteiger partial charge in [0.15, 0.2) is 0 Å². The van der Waals surface area contributed by atoms with Gasteiger partial charge in [-0.2, -0.15) is 0 Å². The molecule has 0 fully saturated rings. The molecule has 0 saturated heterocycles. The van der Waals surface area contributed by atoms with E-state index in [9.17, 15) is 4.39 Å². The first-order valence-corrected chi connectivity index (χ1v) is 4.74.